The number of carbonyl (C=O) groups excluding carboxylic acids is 1. The van der Waals surface area contributed by atoms with Gasteiger partial charge in [-0.25, -0.2) is 22.2 Å². The monoisotopic (exact) mass is 702 g/mol. The van der Waals surface area contributed by atoms with Crippen molar-refractivity contribution in [3.63, 3.8) is 0 Å². The second-order valence-corrected chi connectivity index (χ2v) is 13.7. The highest BCUT2D eigenvalue weighted by atomic mass is 35.5. The van der Waals surface area contributed by atoms with Crippen molar-refractivity contribution in [3.8, 4) is 5.75 Å². The van der Waals surface area contributed by atoms with E-state index in [1.165, 1.54) is 24.3 Å². The molecule has 5 rings (SSSR count). The Balaban J connectivity index is 1.59. The van der Waals surface area contributed by atoms with E-state index in [1.807, 2.05) is 0 Å². The summed E-state index contributed by atoms with van der Waals surface area (Å²) < 4.78 is 68.0. The lowest BCUT2D eigenvalue weighted by molar-refractivity contribution is -0.129. The predicted molar refractivity (Wildman–Crippen MR) is 175 cm³/mol. The Kier molecular flexibility index (Phi) is 10.8. The van der Waals surface area contributed by atoms with Crippen molar-refractivity contribution in [2.45, 2.75) is 35.9 Å². The molecule has 1 heterocycles. The van der Waals surface area contributed by atoms with Crippen molar-refractivity contribution in [2.75, 3.05) is 19.0 Å². The summed E-state index contributed by atoms with van der Waals surface area (Å²) in [7, 11) is -3.93. The molecule has 2 N–H and O–H groups in total. The normalized spacial score (nSPS) is 17.6. The summed E-state index contributed by atoms with van der Waals surface area (Å²) in [4.78, 5) is 19.1. The minimum absolute atomic E-state index is 0.00672. The molecule has 4 aromatic rings. The van der Waals surface area contributed by atoms with Crippen molar-refractivity contribution in [3.05, 3.63) is 129 Å². The van der Waals surface area contributed by atoms with Crippen molar-refractivity contribution in [1.82, 2.24) is 5.32 Å². The number of sulfone groups is 1. The summed E-state index contributed by atoms with van der Waals surface area (Å²) in [5.41, 5.74) is -1.61. The van der Waals surface area contributed by atoms with Crippen LogP contribution >= 0.6 is 23.2 Å². The molecule has 246 valence electrons. The van der Waals surface area contributed by atoms with Gasteiger partial charge in [0, 0.05) is 52.7 Å². The maximum atomic E-state index is 14.5. The molecule has 0 spiro atoms. The third-order valence-corrected chi connectivity index (χ3v) is 9.91. The van der Waals surface area contributed by atoms with E-state index in [0.29, 0.717) is 34.9 Å². The van der Waals surface area contributed by atoms with Gasteiger partial charge in [-0.2, -0.15) is 0 Å². The Morgan fingerprint density at radius 3 is 2.34 bits per heavy atom. The van der Waals surface area contributed by atoms with Crippen LogP contribution in [0.4, 0.5) is 8.78 Å². The van der Waals surface area contributed by atoms with Crippen LogP contribution in [0.15, 0.2) is 101 Å². The number of rotatable bonds is 13. The smallest absolute Gasteiger partial charge is 0.252 e. The van der Waals surface area contributed by atoms with Crippen molar-refractivity contribution in [1.29, 1.82) is 0 Å². The second kappa shape index (κ2) is 14.8. The van der Waals surface area contributed by atoms with Crippen LogP contribution in [0.5, 0.6) is 5.75 Å². The van der Waals surface area contributed by atoms with E-state index in [1.54, 1.807) is 54.6 Å². The third-order valence-electron chi connectivity index (χ3n) is 7.62. The standard InChI is InChI=1S/C34H30Cl2F2N2O6S/c35-23-12-15-26(28(36)20-23)31-34(16-19-47(43,44)25-6-2-1-3-7-25,33(42)39-21-27-29(37)8-4-9-30(27)38)40-32(46-31)22-10-13-24(14-11-22)45-18-5-17-41/h1-4,6-15,20,31,41H,5,16-19,21H2,(H,39,42)/t31-,34-/m1/s1. The van der Waals surface area contributed by atoms with E-state index in [0.717, 1.165) is 12.1 Å². The number of hydrogen-bond donors (Lipinski definition) is 2. The molecular formula is C34H30Cl2F2N2O6S. The van der Waals surface area contributed by atoms with Crippen LogP contribution in [0.1, 0.15) is 35.6 Å². The van der Waals surface area contributed by atoms with Gasteiger partial charge in [0.15, 0.2) is 21.5 Å². The van der Waals surface area contributed by atoms with Gasteiger partial charge in [0.25, 0.3) is 5.91 Å². The average molecular weight is 704 g/mol. The van der Waals surface area contributed by atoms with Crippen LogP contribution in [0.2, 0.25) is 10.0 Å². The zero-order valence-electron chi connectivity index (χ0n) is 24.8. The highest BCUT2D eigenvalue weighted by Crippen LogP contribution is 2.45. The Morgan fingerprint density at radius 2 is 1.68 bits per heavy atom. The van der Waals surface area contributed by atoms with Crippen LogP contribution < -0.4 is 10.1 Å². The van der Waals surface area contributed by atoms with Crippen LogP contribution in [-0.2, 0) is 25.9 Å². The molecule has 0 saturated carbocycles. The number of aliphatic imine (C=N–C) groups is 1. The predicted octanol–water partition coefficient (Wildman–Crippen LogP) is 6.47. The summed E-state index contributed by atoms with van der Waals surface area (Å²) in [5.74, 6) is -2.57. The van der Waals surface area contributed by atoms with Gasteiger partial charge in [-0.3, -0.25) is 4.79 Å². The molecule has 2 atom stereocenters. The van der Waals surface area contributed by atoms with Gasteiger partial charge in [0.05, 0.1) is 17.3 Å². The lowest BCUT2D eigenvalue weighted by Gasteiger charge is -2.31. The summed E-state index contributed by atoms with van der Waals surface area (Å²) in [6, 6.07) is 22.2. The Bertz CT molecular complexity index is 1860. The number of nitrogens with one attached hydrogen (secondary N) is 1. The Morgan fingerprint density at radius 1 is 0.979 bits per heavy atom. The molecule has 13 heteroatoms. The third kappa shape index (κ3) is 7.76. The maximum absolute atomic E-state index is 14.5. The molecule has 0 fully saturated rings. The Labute approximate surface area is 280 Å². The van der Waals surface area contributed by atoms with Crippen molar-refractivity contribution < 1.29 is 36.6 Å². The van der Waals surface area contributed by atoms with Gasteiger partial charge in [-0.1, -0.05) is 53.5 Å². The molecule has 0 aliphatic carbocycles. The number of aliphatic hydroxyl groups is 1. The summed E-state index contributed by atoms with van der Waals surface area (Å²) >= 11 is 12.8. The van der Waals surface area contributed by atoms with E-state index in [-0.39, 0.29) is 34.4 Å². The van der Waals surface area contributed by atoms with E-state index < -0.39 is 51.3 Å². The lowest BCUT2D eigenvalue weighted by Crippen LogP contribution is -2.49. The summed E-state index contributed by atoms with van der Waals surface area (Å²) in [6.07, 6.45) is -1.20. The lowest BCUT2D eigenvalue weighted by atomic mass is 9.85. The number of carbonyl (C=O) groups is 1. The van der Waals surface area contributed by atoms with Gasteiger partial charge >= 0.3 is 0 Å². The maximum Gasteiger partial charge on any atom is 0.252 e. The van der Waals surface area contributed by atoms with Gasteiger partial charge in [-0.05, 0) is 60.7 Å². The van der Waals surface area contributed by atoms with E-state index >= 15 is 0 Å². The molecule has 8 nitrogen and oxygen atoms in total. The number of nitrogens with zero attached hydrogens (tertiary/aromatic N) is 1. The van der Waals surface area contributed by atoms with Crippen LogP contribution in [0.3, 0.4) is 0 Å². The SMILES string of the molecule is O=C(NCc1c(F)cccc1F)[C@]1(CCS(=O)(=O)c2ccccc2)N=C(c2ccc(OCCCO)cc2)O[C@@H]1c1ccc(Cl)cc1Cl. The van der Waals surface area contributed by atoms with Crippen molar-refractivity contribution >= 4 is 44.8 Å². The molecule has 0 unspecified atom stereocenters. The molecule has 0 radical (unpaired) electrons. The number of halogens is 4. The fourth-order valence-electron chi connectivity index (χ4n) is 5.12. The minimum atomic E-state index is -3.93. The van der Waals surface area contributed by atoms with E-state index in [9.17, 15) is 22.0 Å². The largest absolute Gasteiger partial charge is 0.494 e. The first-order chi connectivity index (χ1) is 22.5. The summed E-state index contributed by atoms with van der Waals surface area (Å²) in [6.45, 7) is -0.270. The fraction of sp³-hybridized carbons (Fsp3) is 0.235. The number of amides is 1. The first-order valence-electron chi connectivity index (χ1n) is 14.6. The zero-order valence-corrected chi connectivity index (χ0v) is 27.2. The first-order valence-corrected chi connectivity index (χ1v) is 17.0. The molecule has 0 aromatic heterocycles. The summed E-state index contributed by atoms with van der Waals surface area (Å²) in [5, 5.41) is 12.0. The fourth-order valence-corrected chi connectivity index (χ4v) is 7.02. The highest BCUT2D eigenvalue weighted by Gasteiger charge is 2.54. The van der Waals surface area contributed by atoms with E-state index in [2.05, 4.69) is 5.32 Å². The van der Waals surface area contributed by atoms with Gasteiger partial charge in [0.1, 0.15) is 17.4 Å². The van der Waals surface area contributed by atoms with Crippen molar-refractivity contribution in [2.24, 2.45) is 4.99 Å². The molecule has 0 saturated heterocycles. The highest BCUT2D eigenvalue weighted by molar-refractivity contribution is 7.91. The molecule has 1 aliphatic heterocycles. The van der Waals surface area contributed by atoms with Crippen LogP contribution in [-0.4, -0.2) is 49.8 Å². The number of hydrogen-bond acceptors (Lipinski definition) is 7. The van der Waals surface area contributed by atoms with E-state index in [4.69, 9.17) is 42.8 Å². The number of aliphatic hydroxyl groups excluding tert-OH is 1. The van der Waals surface area contributed by atoms with Crippen LogP contribution in [0, 0.1) is 11.6 Å². The van der Waals surface area contributed by atoms with Gasteiger partial charge < -0.3 is 19.9 Å². The first kappa shape index (κ1) is 34.3. The topological polar surface area (TPSA) is 114 Å². The zero-order chi connectivity index (χ0) is 33.6. The number of ether oxygens (including phenoxy) is 2. The second-order valence-electron chi connectivity index (χ2n) is 10.7. The Hall–Kier alpha value is -4.03. The number of benzene rings is 4. The quantitative estimate of drug-likeness (QED) is 0.154. The molecule has 47 heavy (non-hydrogen) atoms. The van der Waals surface area contributed by atoms with Gasteiger partial charge in [-0.15, -0.1) is 0 Å². The average Bonchev–Trinajstić information content (AvgIpc) is 3.45. The molecule has 0 bridgehead atoms. The molecule has 1 aliphatic rings. The molecule has 1 amide bonds. The van der Waals surface area contributed by atoms with Crippen LogP contribution in [0.25, 0.3) is 0 Å². The molecule has 4 aromatic carbocycles. The minimum Gasteiger partial charge on any atom is -0.494 e. The van der Waals surface area contributed by atoms with Gasteiger partial charge in [0.2, 0.25) is 5.90 Å². The molecular weight excluding hydrogens is 673 g/mol.